The molecule has 1 N–H and O–H groups in total. The molecule has 0 radical (unpaired) electrons. The zero-order valence-corrected chi connectivity index (χ0v) is 16.0. The molecule has 0 saturated heterocycles. The highest BCUT2D eigenvalue weighted by atomic mass is 35.5. The van der Waals surface area contributed by atoms with E-state index in [4.69, 9.17) is 16.0 Å². The first-order chi connectivity index (χ1) is 12.5. The van der Waals surface area contributed by atoms with Gasteiger partial charge in [0.2, 0.25) is 5.89 Å². The monoisotopic (exact) mass is 387 g/mol. The zero-order chi connectivity index (χ0) is 18.5. The second-order valence-electron chi connectivity index (χ2n) is 5.83. The van der Waals surface area contributed by atoms with E-state index in [1.807, 2.05) is 44.2 Å². The summed E-state index contributed by atoms with van der Waals surface area (Å²) in [5.41, 5.74) is 3.88. The molecule has 0 aliphatic rings. The lowest BCUT2D eigenvalue weighted by Crippen LogP contribution is -2.03. The van der Waals surface area contributed by atoms with Crippen molar-refractivity contribution in [2.75, 3.05) is 11.1 Å². The van der Waals surface area contributed by atoms with Gasteiger partial charge < -0.3 is 9.73 Å². The maximum absolute atomic E-state index is 12.3. The molecule has 1 aromatic heterocycles. The quantitative estimate of drug-likeness (QED) is 0.458. The molecule has 1 heterocycles. The lowest BCUT2D eigenvalue weighted by Gasteiger charge is -2.03. The van der Waals surface area contributed by atoms with E-state index in [9.17, 15) is 4.79 Å². The van der Waals surface area contributed by atoms with Crippen LogP contribution in [0.2, 0.25) is 5.02 Å². The van der Waals surface area contributed by atoms with E-state index >= 15 is 0 Å². The van der Waals surface area contributed by atoms with Crippen molar-refractivity contribution in [3.63, 3.8) is 0 Å². The maximum atomic E-state index is 12.3. The van der Waals surface area contributed by atoms with Crippen LogP contribution >= 0.6 is 23.4 Å². The molecule has 0 saturated carbocycles. The van der Waals surface area contributed by atoms with E-state index in [-0.39, 0.29) is 11.5 Å². The van der Waals surface area contributed by atoms with Crippen molar-refractivity contribution in [3.8, 4) is 0 Å². The molecule has 26 heavy (non-hydrogen) atoms. The Morgan fingerprint density at radius 2 is 1.88 bits per heavy atom. The third-order valence-electron chi connectivity index (χ3n) is 3.89. The highest BCUT2D eigenvalue weighted by Crippen LogP contribution is 2.20. The Morgan fingerprint density at radius 3 is 2.62 bits per heavy atom. The van der Waals surface area contributed by atoms with Gasteiger partial charge in [-0.15, -0.1) is 10.2 Å². The van der Waals surface area contributed by atoms with Gasteiger partial charge in [-0.25, -0.2) is 0 Å². The Hall–Kier alpha value is -2.31. The summed E-state index contributed by atoms with van der Waals surface area (Å²) in [5.74, 6) is 0.757. The number of ketones is 1. The number of hydrogen-bond donors (Lipinski definition) is 1. The Bertz CT molecular complexity index is 909. The third-order valence-corrected chi connectivity index (χ3v) is 4.96. The number of halogens is 1. The predicted molar refractivity (Wildman–Crippen MR) is 104 cm³/mol. The van der Waals surface area contributed by atoms with Crippen LogP contribution in [0.3, 0.4) is 0 Å². The highest BCUT2D eigenvalue weighted by Gasteiger charge is 2.12. The summed E-state index contributed by atoms with van der Waals surface area (Å²) < 4.78 is 5.56. The summed E-state index contributed by atoms with van der Waals surface area (Å²) >= 11 is 7.10. The van der Waals surface area contributed by atoms with Gasteiger partial charge in [-0.05, 0) is 55.3 Å². The first-order valence-electron chi connectivity index (χ1n) is 8.06. The molecule has 0 unspecified atom stereocenters. The molecule has 3 rings (SSSR count). The van der Waals surface area contributed by atoms with Crippen molar-refractivity contribution < 1.29 is 9.21 Å². The number of benzene rings is 2. The van der Waals surface area contributed by atoms with Crippen LogP contribution in [0.25, 0.3) is 0 Å². The number of nitrogens with one attached hydrogen (secondary N) is 1. The molecular formula is C19H18ClN3O2S. The summed E-state index contributed by atoms with van der Waals surface area (Å²) in [7, 11) is 0. The summed E-state index contributed by atoms with van der Waals surface area (Å²) in [6.45, 7) is 4.42. The number of carbonyl (C=O) groups is 1. The van der Waals surface area contributed by atoms with E-state index in [2.05, 4.69) is 15.5 Å². The van der Waals surface area contributed by atoms with Crippen molar-refractivity contribution in [1.82, 2.24) is 10.2 Å². The first kappa shape index (κ1) is 18.5. The number of Topliss-reactive ketones (excluding diaryl/α,β-unsaturated/α-hetero) is 1. The second-order valence-corrected chi connectivity index (χ2v) is 7.20. The van der Waals surface area contributed by atoms with Gasteiger partial charge in [-0.1, -0.05) is 35.5 Å². The van der Waals surface area contributed by atoms with Crippen LogP contribution in [-0.4, -0.2) is 21.7 Å². The summed E-state index contributed by atoms with van der Waals surface area (Å²) in [4.78, 5) is 12.3. The Kier molecular flexibility index (Phi) is 5.96. The van der Waals surface area contributed by atoms with Crippen molar-refractivity contribution in [1.29, 1.82) is 0 Å². The fourth-order valence-corrected chi connectivity index (χ4v) is 3.04. The van der Waals surface area contributed by atoms with Gasteiger partial charge in [0, 0.05) is 16.3 Å². The fourth-order valence-electron chi connectivity index (χ4n) is 2.24. The average Bonchev–Trinajstić information content (AvgIpc) is 3.09. The summed E-state index contributed by atoms with van der Waals surface area (Å²) in [6, 6.07) is 13.1. The van der Waals surface area contributed by atoms with Crippen LogP contribution in [0.4, 0.5) is 5.69 Å². The molecule has 5 nitrogen and oxygen atoms in total. The number of anilines is 1. The van der Waals surface area contributed by atoms with Gasteiger partial charge in [0.15, 0.2) is 5.78 Å². The minimum atomic E-state index is 0.0390. The number of aryl methyl sites for hydroxylation is 2. The second kappa shape index (κ2) is 8.38. The van der Waals surface area contributed by atoms with Crippen LogP contribution in [0.15, 0.2) is 52.1 Å². The molecule has 0 aliphatic heterocycles. The van der Waals surface area contributed by atoms with Crippen LogP contribution in [0, 0.1) is 13.8 Å². The van der Waals surface area contributed by atoms with Crippen molar-refractivity contribution in [2.24, 2.45) is 0 Å². The Balaban J connectivity index is 1.52. The topological polar surface area (TPSA) is 68.0 Å². The molecule has 134 valence electrons. The molecule has 0 bridgehead atoms. The fraction of sp³-hybridized carbons (Fsp3) is 0.211. The van der Waals surface area contributed by atoms with Gasteiger partial charge in [0.1, 0.15) is 0 Å². The Morgan fingerprint density at radius 1 is 1.12 bits per heavy atom. The lowest BCUT2D eigenvalue weighted by atomic mass is 10.0. The SMILES string of the molecule is Cc1ccc(C(=O)CSc2nnc(CNc3ccc(Cl)cc3)o2)cc1C. The molecule has 0 fully saturated rings. The van der Waals surface area contributed by atoms with E-state index in [0.29, 0.717) is 28.2 Å². The molecule has 0 amide bonds. The van der Waals surface area contributed by atoms with Crippen LogP contribution < -0.4 is 5.32 Å². The lowest BCUT2D eigenvalue weighted by molar-refractivity contribution is 0.102. The van der Waals surface area contributed by atoms with E-state index in [0.717, 1.165) is 11.3 Å². The largest absolute Gasteiger partial charge is 0.414 e. The average molecular weight is 388 g/mol. The minimum Gasteiger partial charge on any atom is -0.414 e. The standard InChI is InChI=1S/C19H18ClN3O2S/c1-12-3-4-14(9-13(12)2)17(24)11-26-19-23-22-18(25-19)10-21-16-7-5-15(20)6-8-16/h3-9,21H,10-11H2,1-2H3. The Labute approximate surface area is 161 Å². The van der Waals surface area contributed by atoms with E-state index < -0.39 is 0 Å². The van der Waals surface area contributed by atoms with E-state index in [1.54, 1.807) is 12.1 Å². The number of carbonyl (C=O) groups excluding carboxylic acids is 1. The molecule has 0 aliphatic carbocycles. The van der Waals surface area contributed by atoms with Gasteiger partial charge in [-0.3, -0.25) is 4.79 Å². The molecular weight excluding hydrogens is 370 g/mol. The number of thioether (sulfide) groups is 1. The number of nitrogens with zero attached hydrogens (tertiary/aromatic N) is 2. The van der Waals surface area contributed by atoms with E-state index in [1.165, 1.54) is 17.3 Å². The summed E-state index contributed by atoms with van der Waals surface area (Å²) in [5, 5.41) is 12.2. The highest BCUT2D eigenvalue weighted by molar-refractivity contribution is 7.99. The molecule has 3 aromatic rings. The molecule has 2 aromatic carbocycles. The van der Waals surface area contributed by atoms with Crippen LogP contribution in [-0.2, 0) is 6.54 Å². The van der Waals surface area contributed by atoms with Crippen molar-refractivity contribution in [3.05, 3.63) is 70.1 Å². The van der Waals surface area contributed by atoms with Crippen molar-refractivity contribution >= 4 is 34.8 Å². The normalized spacial score (nSPS) is 10.7. The molecule has 7 heteroatoms. The molecule has 0 spiro atoms. The predicted octanol–water partition coefficient (Wildman–Crippen LogP) is 4.93. The third kappa shape index (κ3) is 4.86. The van der Waals surface area contributed by atoms with Crippen LogP contribution in [0.1, 0.15) is 27.4 Å². The molecule has 0 atom stereocenters. The van der Waals surface area contributed by atoms with Gasteiger partial charge in [0.25, 0.3) is 5.22 Å². The van der Waals surface area contributed by atoms with Gasteiger partial charge >= 0.3 is 0 Å². The summed E-state index contributed by atoms with van der Waals surface area (Å²) in [6.07, 6.45) is 0. The van der Waals surface area contributed by atoms with Crippen molar-refractivity contribution in [2.45, 2.75) is 25.6 Å². The zero-order valence-electron chi connectivity index (χ0n) is 14.5. The van der Waals surface area contributed by atoms with Gasteiger partial charge in [0.05, 0.1) is 12.3 Å². The minimum absolute atomic E-state index is 0.0390. The smallest absolute Gasteiger partial charge is 0.277 e. The van der Waals surface area contributed by atoms with Gasteiger partial charge in [-0.2, -0.15) is 0 Å². The first-order valence-corrected chi connectivity index (χ1v) is 9.42. The maximum Gasteiger partial charge on any atom is 0.277 e. The number of aromatic nitrogens is 2. The van der Waals surface area contributed by atoms with Crippen LogP contribution in [0.5, 0.6) is 0 Å². The number of rotatable bonds is 7. The number of hydrogen-bond acceptors (Lipinski definition) is 6.